The fraction of sp³-hybridized carbons (Fsp3) is 0.385. The maximum Gasteiger partial charge on any atom is 0.298 e. The van der Waals surface area contributed by atoms with Gasteiger partial charge in [-0.2, -0.15) is 4.98 Å². The molecular weight excluding hydrogens is 266 g/mol. The van der Waals surface area contributed by atoms with Gasteiger partial charge in [0.2, 0.25) is 5.91 Å². The van der Waals surface area contributed by atoms with E-state index in [0.29, 0.717) is 16.6 Å². The monoisotopic (exact) mass is 279 g/mol. The number of carbonyl (C=O) groups excluding carboxylic acids is 1. The van der Waals surface area contributed by atoms with Crippen molar-refractivity contribution in [2.45, 2.75) is 12.8 Å². The van der Waals surface area contributed by atoms with Crippen molar-refractivity contribution in [3.05, 3.63) is 23.2 Å². The van der Waals surface area contributed by atoms with Gasteiger partial charge in [0, 0.05) is 30.1 Å². The van der Waals surface area contributed by atoms with Gasteiger partial charge in [0.1, 0.15) is 5.52 Å². The maximum absolute atomic E-state index is 11.1. The van der Waals surface area contributed by atoms with Crippen molar-refractivity contribution in [3.63, 3.8) is 0 Å². The van der Waals surface area contributed by atoms with Crippen LogP contribution in [-0.2, 0) is 4.79 Å². The quantitative estimate of drug-likeness (QED) is 0.914. The maximum atomic E-state index is 11.1. The van der Waals surface area contributed by atoms with Crippen LogP contribution in [0.2, 0.25) is 5.02 Å². The average molecular weight is 280 g/mol. The molecule has 0 bridgehead atoms. The molecule has 0 aliphatic carbocycles. The van der Waals surface area contributed by atoms with Crippen molar-refractivity contribution in [3.8, 4) is 0 Å². The van der Waals surface area contributed by atoms with Gasteiger partial charge in [-0.15, -0.1) is 0 Å². The van der Waals surface area contributed by atoms with Crippen LogP contribution in [0.1, 0.15) is 12.8 Å². The number of halogens is 1. The van der Waals surface area contributed by atoms with E-state index in [1.54, 1.807) is 12.1 Å². The number of hydrogen-bond donors (Lipinski definition) is 1. The van der Waals surface area contributed by atoms with Crippen LogP contribution in [-0.4, -0.2) is 24.0 Å². The molecule has 1 fully saturated rings. The van der Waals surface area contributed by atoms with Gasteiger partial charge in [-0.25, -0.2) is 0 Å². The number of anilines is 1. The highest BCUT2D eigenvalue weighted by atomic mass is 35.5. The van der Waals surface area contributed by atoms with E-state index in [9.17, 15) is 4.79 Å². The molecular formula is C13H14ClN3O2. The predicted molar refractivity (Wildman–Crippen MR) is 73.2 cm³/mol. The molecule has 0 saturated carbocycles. The van der Waals surface area contributed by atoms with Gasteiger partial charge < -0.3 is 15.1 Å². The van der Waals surface area contributed by atoms with Gasteiger partial charge in [-0.05, 0) is 25.0 Å². The van der Waals surface area contributed by atoms with Gasteiger partial charge in [-0.3, -0.25) is 4.79 Å². The number of oxazole rings is 1. The lowest BCUT2D eigenvalue weighted by atomic mass is 9.97. The molecule has 100 valence electrons. The number of nitrogens with zero attached hydrogens (tertiary/aromatic N) is 2. The van der Waals surface area contributed by atoms with E-state index in [-0.39, 0.29) is 11.8 Å². The zero-order valence-electron chi connectivity index (χ0n) is 10.3. The first kappa shape index (κ1) is 12.3. The lowest BCUT2D eigenvalue weighted by Crippen LogP contribution is -2.38. The number of carbonyl (C=O) groups is 1. The summed E-state index contributed by atoms with van der Waals surface area (Å²) in [6.45, 7) is 1.46. The number of piperidine rings is 1. The average Bonchev–Trinajstić information content (AvgIpc) is 2.81. The second-order valence-electron chi connectivity index (χ2n) is 4.77. The Hall–Kier alpha value is -1.75. The van der Waals surface area contributed by atoms with Gasteiger partial charge in [0.15, 0.2) is 5.58 Å². The molecule has 0 spiro atoms. The number of aromatic nitrogens is 1. The molecule has 1 aromatic carbocycles. The summed E-state index contributed by atoms with van der Waals surface area (Å²) in [5.74, 6) is -0.251. The highest BCUT2D eigenvalue weighted by Gasteiger charge is 2.25. The van der Waals surface area contributed by atoms with E-state index in [0.717, 1.165) is 31.4 Å². The van der Waals surface area contributed by atoms with Crippen LogP contribution in [0.3, 0.4) is 0 Å². The topological polar surface area (TPSA) is 72.4 Å². The first-order chi connectivity index (χ1) is 9.13. The zero-order valence-corrected chi connectivity index (χ0v) is 11.1. The molecule has 0 atom stereocenters. The summed E-state index contributed by atoms with van der Waals surface area (Å²) in [6.07, 6.45) is 1.49. The normalized spacial score (nSPS) is 17.0. The van der Waals surface area contributed by atoms with Crippen LogP contribution < -0.4 is 10.6 Å². The minimum Gasteiger partial charge on any atom is -0.423 e. The Morgan fingerprint density at radius 2 is 2.16 bits per heavy atom. The molecule has 1 aliphatic rings. The molecule has 19 heavy (non-hydrogen) atoms. The minimum absolute atomic E-state index is 0.0323. The van der Waals surface area contributed by atoms with Gasteiger partial charge >= 0.3 is 0 Å². The highest BCUT2D eigenvalue weighted by Crippen LogP contribution is 2.27. The van der Waals surface area contributed by atoms with E-state index in [1.165, 1.54) is 0 Å². The van der Waals surface area contributed by atoms with Crippen molar-refractivity contribution >= 4 is 34.6 Å². The predicted octanol–water partition coefficient (Wildman–Crippen LogP) is 2.18. The summed E-state index contributed by atoms with van der Waals surface area (Å²) in [6, 6.07) is 5.96. The second kappa shape index (κ2) is 4.74. The summed E-state index contributed by atoms with van der Waals surface area (Å²) in [4.78, 5) is 17.6. The summed E-state index contributed by atoms with van der Waals surface area (Å²) in [7, 11) is 0. The Balaban J connectivity index is 1.80. The molecule has 5 nitrogen and oxygen atoms in total. The number of primary amides is 1. The second-order valence-corrected chi connectivity index (χ2v) is 5.21. The first-order valence-electron chi connectivity index (χ1n) is 6.24. The number of nitrogens with two attached hydrogens (primary N) is 1. The van der Waals surface area contributed by atoms with Crippen LogP contribution in [0, 0.1) is 5.92 Å². The van der Waals surface area contributed by atoms with Crippen LogP contribution >= 0.6 is 11.6 Å². The molecule has 2 heterocycles. The number of benzene rings is 1. The zero-order chi connectivity index (χ0) is 13.4. The van der Waals surface area contributed by atoms with Crippen LogP contribution in [0.25, 0.3) is 11.1 Å². The summed E-state index contributed by atoms with van der Waals surface area (Å²) in [5, 5.41) is 0.627. The SMILES string of the molecule is NC(=O)C1CCN(c2nc3ccc(Cl)cc3o2)CC1. The lowest BCUT2D eigenvalue weighted by molar-refractivity contribution is -0.122. The van der Waals surface area contributed by atoms with Crippen molar-refractivity contribution in [1.29, 1.82) is 0 Å². The Labute approximate surface area is 115 Å². The number of rotatable bonds is 2. The standard InChI is InChI=1S/C13H14ClN3O2/c14-9-1-2-10-11(7-9)19-13(16-10)17-5-3-8(4-6-17)12(15)18/h1-2,7-8H,3-6H2,(H2,15,18). The third-order valence-electron chi connectivity index (χ3n) is 3.51. The fourth-order valence-electron chi connectivity index (χ4n) is 2.38. The van der Waals surface area contributed by atoms with E-state index in [4.69, 9.17) is 21.8 Å². The molecule has 1 aliphatic heterocycles. The molecule has 0 radical (unpaired) electrons. The van der Waals surface area contributed by atoms with Crippen LogP contribution in [0.5, 0.6) is 0 Å². The van der Waals surface area contributed by atoms with E-state index < -0.39 is 0 Å². The van der Waals surface area contributed by atoms with Crippen molar-refractivity contribution in [1.82, 2.24) is 4.98 Å². The number of amides is 1. The number of hydrogen-bond acceptors (Lipinski definition) is 4. The molecule has 3 rings (SSSR count). The summed E-state index contributed by atoms with van der Waals surface area (Å²) < 4.78 is 5.70. The Kier molecular flexibility index (Phi) is 3.06. The molecule has 1 amide bonds. The Bertz CT molecular complexity index is 617. The fourth-order valence-corrected chi connectivity index (χ4v) is 2.54. The Morgan fingerprint density at radius 3 is 2.84 bits per heavy atom. The number of fused-ring (bicyclic) bond motifs is 1. The van der Waals surface area contributed by atoms with Gasteiger partial charge in [0.05, 0.1) is 0 Å². The highest BCUT2D eigenvalue weighted by molar-refractivity contribution is 6.31. The largest absolute Gasteiger partial charge is 0.423 e. The van der Waals surface area contributed by atoms with Crippen molar-refractivity contribution in [2.24, 2.45) is 11.7 Å². The first-order valence-corrected chi connectivity index (χ1v) is 6.61. The summed E-state index contributed by atoms with van der Waals surface area (Å²) >= 11 is 5.91. The van der Waals surface area contributed by atoms with Gasteiger partial charge in [-0.1, -0.05) is 11.6 Å². The Morgan fingerprint density at radius 1 is 1.42 bits per heavy atom. The molecule has 0 unspecified atom stereocenters. The van der Waals surface area contributed by atoms with Gasteiger partial charge in [0.25, 0.3) is 6.01 Å². The molecule has 2 N–H and O–H groups in total. The lowest BCUT2D eigenvalue weighted by Gasteiger charge is -2.29. The molecule has 2 aromatic rings. The van der Waals surface area contributed by atoms with Crippen LogP contribution in [0.4, 0.5) is 6.01 Å². The van der Waals surface area contributed by atoms with E-state index in [2.05, 4.69) is 4.98 Å². The van der Waals surface area contributed by atoms with Crippen molar-refractivity contribution in [2.75, 3.05) is 18.0 Å². The summed E-state index contributed by atoms with van der Waals surface area (Å²) in [5.41, 5.74) is 6.79. The minimum atomic E-state index is -0.219. The molecule has 6 heteroatoms. The van der Waals surface area contributed by atoms with Crippen LogP contribution in [0.15, 0.2) is 22.6 Å². The van der Waals surface area contributed by atoms with Crippen molar-refractivity contribution < 1.29 is 9.21 Å². The molecule has 1 saturated heterocycles. The van der Waals surface area contributed by atoms with E-state index >= 15 is 0 Å². The third-order valence-corrected chi connectivity index (χ3v) is 3.74. The van der Waals surface area contributed by atoms with E-state index in [1.807, 2.05) is 11.0 Å². The third kappa shape index (κ3) is 2.38. The molecule has 1 aromatic heterocycles. The smallest absolute Gasteiger partial charge is 0.298 e.